The lowest BCUT2D eigenvalue weighted by Crippen LogP contribution is -2.38. The second-order valence-corrected chi connectivity index (χ2v) is 10.00. The summed E-state index contributed by atoms with van der Waals surface area (Å²) in [6, 6.07) is 16.6. The largest absolute Gasteiger partial charge is 0.339 e. The standard InChI is InChI=1S/C23H28N2O3S/c26-23(24-14-4-5-15-24)21-10-8-19(9-11-21)18-20-12-16-25(17-13-20)29(27,28)22-6-2-1-3-7-22/h1-3,6-11,20H,4-5,12-18H2. The van der Waals surface area contributed by atoms with Crippen molar-refractivity contribution in [1.82, 2.24) is 9.21 Å². The molecule has 29 heavy (non-hydrogen) atoms. The van der Waals surface area contributed by atoms with Crippen LogP contribution in [0.5, 0.6) is 0 Å². The first-order valence-electron chi connectivity index (χ1n) is 10.5. The van der Waals surface area contributed by atoms with Gasteiger partial charge in [-0.05, 0) is 67.9 Å². The Morgan fingerprint density at radius 2 is 1.48 bits per heavy atom. The normalized spacial score (nSPS) is 18.8. The lowest BCUT2D eigenvalue weighted by molar-refractivity contribution is 0.0793. The van der Waals surface area contributed by atoms with E-state index in [0.29, 0.717) is 23.9 Å². The summed E-state index contributed by atoms with van der Waals surface area (Å²) in [7, 11) is -3.39. The molecule has 2 aromatic rings. The molecule has 0 aromatic heterocycles. The van der Waals surface area contributed by atoms with E-state index in [1.54, 1.807) is 28.6 Å². The predicted octanol–water partition coefficient (Wildman–Crippen LogP) is 3.57. The van der Waals surface area contributed by atoms with Crippen LogP contribution in [0.4, 0.5) is 0 Å². The summed E-state index contributed by atoms with van der Waals surface area (Å²) in [5.41, 5.74) is 1.98. The number of carbonyl (C=O) groups excluding carboxylic acids is 1. The molecule has 6 heteroatoms. The van der Waals surface area contributed by atoms with E-state index in [1.807, 2.05) is 23.1 Å². The summed E-state index contributed by atoms with van der Waals surface area (Å²) in [5, 5.41) is 0. The molecule has 0 N–H and O–H groups in total. The van der Waals surface area contributed by atoms with Crippen molar-refractivity contribution in [1.29, 1.82) is 0 Å². The number of rotatable bonds is 5. The van der Waals surface area contributed by atoms with Crippen LogP contribution >= 0.6 is 0 Å². The third kappa shape index (κ3) is 4.54. The number of hydrogen-bond donors (Lipinski definition) is 0. The number of benzene rings is 2. The summed E-state index contributed by atoms with van der Waals surface area (Å²) in [5.74, 6) is 0.603. The number of likely N-dealkylation sites (tertiary alicyclic amines) is 1. The van der Waals surface area contributed by atoms with E-state index in [4.69, 9.17) is 0 Å². The number of sulfonamides is 1. The summed E-state index contributed by atoms with van der Waals surface area (Å²) in [4.78, 5) is 14.8. The van der Waals surface area contributed by atoms with Crippen molar-refractivity contribution in [3.05, 3.63) is 65.7 Å². The van der Waals surface area contributed by atoms with E-state index >= 15 is 0 Å². The predicted molar refractivity (Wildman–Crippen MR) is 113 cm³/mol. The van der Waals surface area contributed by atoms with Crippen LogP contribution in [0.1, 0.15) is 41.6 Å². The fraction of sp³-hybridized carbons (Fsp3) is 0.435. The van der Waals surface area contributed by atoms with Gasteiger partial charge in [0.15, 0.2) is 0 Å². The molecule has 5 nitrogen and oxygen atoms in total. The second-order valence-electron chi connectivity index (χ2n) is 8.06. The highest BCUT2D eigenvalue weighted by Gasteiger charge is 2.29. The van der Waals surface area contributed by atoms with Crippen molar-refractivity contribution in [2.45, 2.75) is 37.0 Å². The highest BCUT2D eigenvalue weighted by Crippen LogP contribution is 2.26. The zero-order valence-electron chi connectivity index (χ0n) is 16.7. The Balaban J connectivity index is 1.32. The average molecular weight is 413 g/mol. The fourth-order valence-electron chi connectivity index (χ4n) is 4.31. The molecule has 2 aliphatic heterocycles. The van der Waals surface area contributed by atoms with E-state index in [-0.39, 0.29) is 5.91 Å². The lowest BCUT2D eigenvalue weighted by Gasteiger charge is -2.31. The molecular formula is C23H28N2O3S. The van der Waals surface area contributed by atoms with Gasteiger partial charge in [0.1, 0.15) is 0 Å². The number of carbonyl (C=O) groups is 1. The smallest absolute Gasteiger partial charge is 0.253 e. The van der Waals surface area contributed by atoms with Gasteiger partial charge in [-0.25, -0.2) is 8.42 Å². The van der Waals surface area contributed by atoms with Crippen LogP contribution in [0.15, 0.2) is 59.5 Å². The monoisotopic (exact) mass is 412 g/mol. The van der Waals surface area contributed by atoms with E-state index in [9.17, 15) is 13.2 Å². The van der Waals surface area contributed by atoms with E-state index < -0.39 is 10.0 Å². The van der Waals surface area contributed by atoms with E-state index in [1.165, 1.54) is 5.56 Å². The van der Waals surface area contributed by atoms with Crippen LogP contribution in [0.3, 0.4) is 0 Å². The number of nitrogens with zero attached hydrogens (tertiary/aromatic N) is 2. The molecule has 0 unspecified atom stereocenters. The number of hydrogen-bond acceptors (Lipinski definition) is 3. The molecule has 0 saturated carbocycles. The minimum atomic E-state index is -3.39. The van der Waals surface area contributed by atoms with Crippen molar-refractivity contribution < 1.29 is 13.2 Å². The summed E-state index contributed by atoms with van der Waals surface area (Å²) >= 11 is 0. The highest BCUT2D eigenvalue weighted by molar-refractivity contribution is 7.89. The molecule has 0 atom stereocenters. The molecule has 0 bridgehead atoms. The van der Waals surface area contributed by atoms with Crippen molar-refractivity contribution >= 4 is 15.9 Å². The number of amides is 1. The van der Waals surface area contributed by atoms with Gasteiger partial charge in [0.25, 0.3) is 5.91 Å². The fourth-order valence-corrected chi connectivity index (χ4v) is 5.81. The molecule has 0 spiro atoms. The molecule has 4 rings (SSSR count). The third-order valence-corrected chi connectivity index (χ3v) is 7.99. The van der Waals surface area contributed by atoms with Crippen LogP contribution in [-0.2, 0) is 16.4 Å². The van der Waals surface area contributed by atoms with Crippen LogP contribution in [0.2, 0.25) is 0 Å². The van der Waals surface area contributed by atoms with E-state index in [2.05, 4.69) is 12.1 Å². The van der Waals surface area contributed by atoms with E-state index in [0.717, 1.165) is 50.8 Å². The van der Waals surface area contributed by atoms with Crippen molar-refractivity contribution in [3.8, 4) is 0 Å². The maximum atomic E-state index is 12.8. The first-order chi connectivity index (χ1) is 14.0. The Kier molecular flexibility index (Phi) is 6.01. The maximum absolute atomic E-state index is 12.8. The Bertz CT molecular complexity index is 928. The molecule has 2 fully saturated rings. The number of piperidine rings is 1. The van der Waals surface area contributed by atoms with Gasteiger partial charge >= 0.3 is 0 Å². The first kappa shape index (κ1) is 20.1. The van der Waals surface area contributed by atoms with Gasteiger partial charge in [0, 0.05) is 31.7 Å². The lowest BCUT2D eigenvalue weighted by atomic mass is 9.90. The van der Waals surface area contributed by atoms with Gasteiger partial charge in [-0.1, -0.05) is 30.3 Å². The molecule has 2 saturated heterocycles. The van der Waals surface area contributed by atoms with Crippen LogP contribution in [-0.4, -0.2) is 49.7 Å². The molecule has 2 heterocycles. The zero-order chi connectivity index (χ0) is 20.3. The Morgan fingerprint density at radius 3 is 2.10 bits per heavy atom. The molecule has 0 radical (unpaired) electrons. The van der Waals surface area contributed by atoms with Gasteiger partial charge in [-0.2, -0.15) is 4.31 Å². The molecule has 2 aromatic carbocycles. The average Bonchev–Trinajstić information content (AvgIpc) is 3.30. The zero-order valence-corrected chi connectivity index (χ0v) is 17.5. The van der Waals surface area contributed by atoms with Gasteiger partial charge in [-0.15, -0.1) is 0 Å². The summed E-state index contributed by atoms with van der Waals surface area (Å²) in [6.07, 6.45) is 4.85. The van der Waals surface area contributed by atoms with Crippen molar-refractivity contribution in [3.63, 3.8) is 0 Å². The molecule has 2 aliphatic rings. The van der Waals surface area contributed by atoms with Crippen molar-refractivity contribution in [2.75, 3.05) is 26.2 Å². The Labute approximate surface area is 173 Å². The summed E-state index contributed by atoms with van der Waals surface area (Å²) in [6.45, 7) is 2.86. The molecule has 0 aliphatic carbocycles. The van der Waals surface area contributed by atoms with Gasteiger partial charge in [0.2, 0.25) is 10.0 Å². The Hall–Kier alpha value is -2.18. The topological polar surface area (TPSA) is 57.7 Å². The van der Waals surface area contributed by atoms with Gasteiger partial charge < -0.3 is 4.90 Å². The molecule has 1 amide bonds. The Morgan fingerprint density at radius 1 is 0.862 bits per heavy atom. The second kappa shape index (κ2) is 8.67. The first-order valence-corrected chi connectivity index (χ1v) is 11.9. The SMILES string of the molecule is O=C(c1ccc(CC2CCN(S(=O)(=O)c3ccccc3)CC2)cc1)N1CCCC1. The highest BCUT2D eigenvalue weighted by atomic mass is 32.2. The van der Waals surface area contributed by atoms with Gasteiger partial charge in [0.05, 0.1) is 4.90 Å². The molecule has 154 valence electrons. The van der Waals surface area contributed by atoms with Crippen LogP contribution < -0.4 is 0 Å². The van der Waals surface area contributed by atoms with Gasteiger partial charge in [-0.3, -0.25) is 4.79 Å². The maximum Gasteiger partial charge on any atom is 0.253 e. The minimum absolute atomic E-state index is 0.133. The summed E-state index contributed by atoms with van der Waals surface area (Å²) < 4.78 is 27.1. The quantitative estimate of drug-likeness (QED) is 0.754. The third-order valence-electron chi connectivity index (χ3n) is 6.07. The molecular weight excluding hydrogens is 384 g/mol. The van der Waals surface area contributed by atoms with Crippen molar-refractivity contribution in [2.24, 2.45) is 5.92 Å². The van der Waals surface area contributed by atoms with Crippen LogP contribution in [0, 0.1) is 5.92 Å². The minimum Gasteiger partial charge on any atom is -0.339 e. The van der Waals surface area contributed by atoms with Crippen LogP contribution in [0.25, 0.3) is 0 Å².